The van der Waals surface area contributed by atoms with Gasteiger partial charge in [-0.1, -0.05) is 13.0 Å². The third-order valence-electron chi connectivity index (χ3n) is 3.47. The number of nitrogens with zero attached hydrogens (tertiary/aromatic N) is 2. The minimum absolute atomic E-state index is 0.213. The molecule has 0 spiro atoms. The molecular formula is C16H22BrN3O. The lowest BCUT2D eigenvalue weighted by atomic mass is 10.0. The molecule has 0 radical (unpaired) electrons. The molecule has 0 bridgehead atoms. The molecule has 2 aromatic rings. The van der Waals surface area contributed by atoms with E-state index >= 15 is 0 Å². The summed E-state index contributed by atoms with van der Waals surface area (Å²) in [5.74, 6) is 1.92. The van der Waals surface area contributed by atoms with E-state index in [9.17, 15) is 0 Å². The van der Waals surface area contributed by atoms with E-state index in [1.54, 1.807) is 7.11 Å². The Kier molecular flexibility index (Phi) is 5.82. The van der Waals surface area contributed by atoms with Gasteiger partial charge in [-0.15, -0.1) is 0 Å². The third-order valence-corrected chi connectivity index (χ3v) is 4.09. The van der Waals surface area contributed by atoms with Gasteiger partial charge in [0.25, 0.3) is 0 Å². The number of aromatic nitrogens is 2. The van der Waals surface area contributed by atoms with Gasteiger partial charge in [0.15, 0.2) is 0 Å². The first kappa shape index (κ1) is 16.0. The Morgan fingerprint density at radius 2 is 2.24 bits per heavy atom. The second-order valence-electron chi connectivity index (χ2n) is 5.08. The molecule has 0 aliphatic heterocycles. The van der Waals surface area contributed by atoms with Crippen LogP contribution in [0.15, 0.2) is 35.1 Å². The fraction of sp³-hybridized carbons (Fsp3) is 0.438. The van der Waals surface area contributed by atoms with E-state index < -0.39 is 0 Å². The summed E-state index contributed by atoms with van der Waals surface area (Å²) in [5.41, 5.74) is 1.25. The summed E-state index contributed by atoms with van der Waals surface area (Å²) in [6.45, 7) is 3.15. The van der Waals surface area contributed by atoms with E-state index in [1.807, 2.05) is 25.5 Å². The summed E-state index contributed by atoms with van der Waals surface area (Å²) in [6.07, 6.45) is 5.83. The largest absolute Gasteiger partial charge is 0.496 e. The van der Waals surface area contributed by atoms with Crippen molar-refractivity contribution in [2.24, 2.45) is 7.05 Å². The summed E-state index contributed by atoms with van der Waals surface area (Å²) >= 11 is 3.55. The van der Waals surface area contributed by atoms with Crippen LogP contribution in [0.5, 0.6) is 5.75 Å². The summed E-state index contributed by atoms with van der Waals surface area (Å²) in [6, 6.07) is 6.43. The topological polar surface area (TPSA) is 39.1 Å². The highest BCUT2D eigenvalue weighted by Crippen LogP contribution is 2.27. The molecular weight excluding hydrogens is 330 g/mol. The fourth-order valence-corrected chi connectivity index (χ4v) is 2.95. The molecule has 1 aromatic heterocycles. The van der Waals surface area contributed by atoms with Crippen molar-refractivity contribution in [3.8, 4) is 5.75 Å². The second kappa shape index (κ2) is 7.61. The van der Waals surface area contributed by atoms with E-state index in [0.717, 1.165) is 35.4 Å². The van der Waals surface area contributed by atoms with Crippen LogP contribution in [0.3, 0.4) is 0 Å². The third kappa shape index (κ3) is 4.08. The molecule has 0 saturated carbocycles. The highest BCUT2D eigenvalue weighted by atomic mass is 79.9. The quantitative estimate of drug-likeness (QED) is 0.829. The van der Waals surface area contributed by atoms with Crippen molar-refractivity contribution in [3.63, 3.8) is 0 Å². The first-order valence-corrected chi connectivity index (χ1v) is 7.98. The number of nitrogens with one attached hydrogen (secondary N) is 1. The van der Waals surface area contributed by atoms with Crippen molar-refractivity contribution < 1.29 is 4.74 Å². The Morgan fingerprint density at radius 1 is 1.43 bits per heavy atom. The lowest BCUT2D eigenvalue weighted by molar-refractivity contribution is 0.411. The van der Waals surface area contributed by atoms with E-state index in [0.29, 0.717) is 0 Å². The van der Waals surface area contributed by atoms with Crippen LogP contribution in [0.1, 0.15) is 30.8 Å². The maximum absolute atomic E-state index is 5.28. The Bertz CT molecular complexity index is 583. The Labute approximate surface area is 134 Å². The average molecular weight is 352 g/mol. The van der Waals surface area contributed by atoms with Crippen LogP contribution < -0.4 is 10.1 Å². The van der Waals surface area contributed by atoms with Crippen molar-refractivity contribution >= 4 is 15.9 Å². The van der Waals surface area contributed by atoms with Gasteiger partial charge < -0.3 is 14.6 Å². The van der Waals surface area contributed by atoms with Crippen LogP contribution in [-0.2, 0) is 13.5 Å². The molecule has 0 aliphatic rings. The van der Waals surface area contributed by atoms with Gasteiger partial charge in [0, 0.05) is 19.4 Å². The lowest BCUT2D eigenvalue weighted by Crippen LogP contribution is -2.26. The summed E-state index contributed by atoms with van der Waals surface area (Å²) in [7, 11) is 3.71. The first-order chi connectivity index (χ1) is 10.2. The minimum atomic E-state index is 0.213. The predicted molar refractivity (Wildman–Crippen MR) is 88.6 cm³/mol. The highest BCUT2D eigenvalue weighted by Gasteiger charge is 2.16. The minimum Gasteiger partial charge on any atom is -0.496 e. The summed E-state index contributed by atoms with van der Waals surface area (Å²) in [4.78, 5) is 4.49. The summed E-state index contributed by atoms with van der Waals surface area (Å²) in [5, 5.41) is 3.58. The zero-order valence-corrected chi connectivity index (χ0v) is 14.4. The van der Waals surface area contributed by atoms with E-state index in [4.69, 9.17) is 4.74 Å². The zero-order valence-electron chi connectivity index (χ0n) is 12.8. The van der Waals surface area contributed by atoms with Crippen molar-refractivity contribution in [2.45, 2.75) is 25.8 Å². The SMILES string of the molecule is CCCNC(Cc1ccc(OC)c(Br)c1)c1nccn1C. The average Bonchev–Trinajstić information content (AvgIpc) is 2.90. The molecule has 1 unspecified atom stereocenters. The van der Waals surface area contributed by atoms with E-state index in [2.05, 4.69) is 49.9 Å². The number of hydrogen-bond acceptors (Lipinski definition) is 3. The van der Waals surface area contributed by atoms with E-state index in [1.165, 1.54) is 5.56 Å². The molecule has 2 rings (SSSR count). The normalized spacial score (nSPS) is 12.4. The van der Waals surface area contributed by atoms with Gasteiger partial charge in [-0.25, -0.2) is 4.98 Å². The van der Waals surface area contributed by atoms with Gasteiger partial charge in [-0.3, -0.25) is 0 Å². The molecule has 0 fully saturated rings. The van der Waals surface area contributed by atoms with Crippen molar-refractivity contribution in [1.82, 2.24) is 14.9 Å². The molecule has 114 valence electrons. The Balaban J connectivity index is 2.18. The molecule has 1 N–H and O–H groups in total. The van der Waals surface area contributed by atoms with Crippen LogP contribution in [0.4, 0.5) is 0 Å². The van der Waals surface area contributed by atoms with Gasteiger partial charge in [-0.05, 0) is 53.0 Å². The number of rotatable bonds is 7. The highest BCUT2D eigenvalue weighted by molar-refractivity contribution is 9.10. The molecule has 4 nitrogen and oxygen atoms in total. The molecule has 5 heteroatoms. The smallest absolute Gasteiger partial charge is 0.133 e. The molecule has 1 atom stereocenters. The number of ether oxygens (including phenoxy) is 1. The van der Waals surface area contributed by atoms with Gasteiger partial charge in [-0.2, -0.15) is 0 Å². The van der Waals surface area contributed by atoms with Gasteiger partial charge in [0.05, 0.1) is 17.6 Å². The second-order valence-corrected chi connectivity index (χ2v) is 5.93. The van der Waals surface area contributed by atoms with Crippen LogP contribution in [-0.4, -0.2) is 23.2 Å². The Hall–Kier alpha value is -1.33. The zero-order chi connectivity index (χ0) is 15.2. The first-order valence-electron chi connectivity index (χ1n) is 7.18. The molecule has 0 aliphatic carbocycles. The number of hydrogen-bond donors (Lipinski definition) is 1. The van der Waals surface area contributed by atoms with Crippen molar-refractivity contribution in [2.75, 3.05) is 13.7 Å². The predicted octanol–water partition coefficient (Wildman–Crippen LogP) is 3.47. The maximum Gasteiger partial charge on any atom is 0.133 e. The van der Waals surface area contributed by atoms with Gasteiger partial charge >= 0.3 is 0 Å². The number of methoxy groups -OCH3 is 1. The fourth-order valence-electron chi connectivity index (χ4n) is 2.36. The molecule has 1 heterocycles. The molecule has 0 saturated heterocycles. The maximum atomic E-state index is 5.28. The standard InChI is InChI=1S/C16H22BrN3O/c1-4-7-18-14(16-19-8-9-20(16)2)11-12-5-6-15(21-3)13(17)10-12/h5-6,8-10,14,18H,4,7,11H2,1-3H3. The number of benzene rings is 1. The van der Waals surface area contributed by atoms with Crippen molar-refractivity contribution in [3.05, 3.63) is 46.5 Å². The molecule has 0 amide bonds. The van der Waals surface area contributed by atoms with Gasteiger partial charge in [0.1, 0.15) is 11.6 Å². The van der Waals surface area contributed by atoms with Crippen molar-refractivity contribution in [1.29, 1.82) is 0 Å². The van der Waals surface area contributed by atoms with Crippen LogP contribution >= 0.6 is 15.9 Å². The number of halogens is 1. The van der Waals surface area contributed by atoms with Crippen LogP contribution in [0, 0.1) is 0 Å². The van der Waals surface area contributed by atoms with Crippen LogP contribution in [0.2, 0.25) is 0 Å². The monoisotopic (exact) mass is 351 g/mol. The summed E-state index contributed by atoms with van der Waals surface area (Å²) < 4.78 is 8.34. The lowest BCUT2D eigenvalue weighted by Gasteiger charge is -2.19. The Morgan fingerprint density at radius 3 is 2.81 bits per heavy atom. The number of imidazole rings is 1. The number of aryl methyl sites for hydroxylation is 1. The van der Waals surface area contributed by atoms with Gasteiger partial charge in [0.2, 0.25) is 0 Å². The molecule has 1 aromatic carbocycles. The van der Waals surface area contributed by atoms with Crippen LogP contribution in [0.25, 0.3) is 0 Å². The van der Waals surface area contributed by atoms with E-state index in [-0.39, 0.29) is 6.04 Å². The molecule has 21 heavy (non-hydrogen) atoms.